The van der Waals surface area contributed by atoms with Crippen LogP contribution >= 0.6 is 28.3 Å². The van der Waals surface area contributed by atoms with Gasteiger partial charge in [0.2, 0.25) is 5.91 Å². The van der Waals surface area contributed by atoms with Gasteiger partial charge in [-0.15, -0.1) is 12.4 Å². The second-order valence-corrected chi connectivity index (χ2v) is 6.11. The summed E-state index contributed by atoms with van der Waals surface area (Å²) in [4.78, 5) is 12.4. The van der Waals surface area contributed by atoms with Crippen molar-refractivity contribution < 1.29 is 14.3 Å². The molecule has 1 aliphatic heterocycles. The second kappa shape index (κ2) is 8.60. The lowest BCUT2D eigenvalue weighted by Crippen LogP contribution is -2.40. The molecule has 0 saturated carbocycles. The molecule has 0 radical (unpaired) electrons. The Labute approximate surface area is 145 Å². The Hall–Kier alpha value is -0.980. The first-order valence-electron chi connectivity index (χ1n) is 7.01. The molecule has 0 aromatic heterocycles. The van der Waals surface area contributed by atoms with E-state index in [2.05, 4.69) is 33.5 Å². The Morgan fingerprint density at radius 1 is 1.32 bits per heavy atom. The van der Waals surface area contributed by atoms with Gasteiger partial charge >= 0.3 is 0 Å². The highest BCUT2D eigenvalue weighted by Gasteiger charge is 2.25. The zero-order valence-electron chi connectivity index (χ0n) is 12.9. The summed E-state index contributed by atoms with van der Waals surface area (Å²) >= 11 is 3.45. The fourth-order valence-electron chi connectivity index (χ4n) is 2.55. The lowest BCUT2D eigenvalue weighted by atomic mass is 9.92. The van der Waals surface area contributed by atoms with Gasteiger partial charge in [-0.1, -0.05) is 0 Å². The zero-order valence-corrected chi connectivity index (χ0v) is 15.3. The second-order valence-electron chi connectivity index (χ2n) is 5.25. The minimum absolute atomic E-state index is 0. The maximum Gasteiger partial charge on any atom is 0.227 e. The average molecular weight is 394 g/mol. The van der Waals surface area contributed by atoms with Gasteiger partial charge in [0.1, 0.15) is 0 Å². The number of rotatable bonds is 4. The molecule has 1 heterocycles. The van der Waals surface area contributed by atoms with E-state index < -0.39 is 0 Å². The van der Waals surface area contributed by atoms with Crippen LogP contribution in [0.5, 0.6) is 11.5 Å². The van der Waals surface area contributed by atoms with E-state index >= 15 is 0 Å². The van der Waals surface area contributed by atoms with Crippen LogP contribution in [0, 0.1) is 5.92 Å². The topological polar surface area (TPSA) is 59.6 Å². The summed E-state index contributed by atoms with van der Waals surface area (Å²) in [7, 11) is 3.16. The number of carbonyl (C=O) groups excluding carboxylic acids is 1. The zero-order chi connectivity index (χ0) is 15.4. The number of anilines is 1. The summed E-state index contributed by atoms with van der Waals surface area (Å²) in [6.45, 7) is 2.98. The molecule has 5 nitrogen and oxygen atoms in total. The number of hydrogen-bond donors (Lipinski definition) is 2. The lowest BCUT2D eigenvalue weighted by Gasteiger charge is -2.27. The fourth-order valence-corrected chi connectivity index (χ4v) is 2.98. The van der Waals surface area contributed by atoms with E-state index in [0.29, 0.717) is 23.2 Å². The number of piperidine rings is 1. The standard InChI is InChI=1S/C15H21BrN2O3.ClH/c1-9-6-10(4-5-17-9)15(19)18-12-8-14(21-3)13(20-2)7-11(12)16;/h7-10,17H,4-6H2,1-3H3,(H,18,19);1H/t9-,10-;/m0./s1. The van der Waals surface area contributed by atoms with Crippen molar-refractivity contribution in [1.82, 2.24) is 5.32 Å². The Morgan fingerprint density at radius 3 is 2.55 bits per heavy atom. The molecule has 22 heavy (non-hydrogen) atoms. The Bertz CT molecular complexity index is 528. The van der Waals surface area contributed by atoms with Gasteiger partial charge in [-0.2, -0.15) is 0 Å². The number of halogens is 2. The fraction of sp³-hybridized carbons (Fsp3) is 0.533. The molecule has 124 valence electrons. The molecule has 0 bridgehead atoms. The number of ether oxygens (including phenoxy) is 2. The van der Waals surface area contributed by atoms with Gasteiger partial charge in [0.25, 0.3) is 0 Å². The average Bonchev–Trinajstić information content (AvgIpc) is 2.48. The summed E-state index contributed by atoms with van der Waals surface area (Å²) in [6.07, 6.45) is 1.72. The summed E-state index contributed by atoms with van der Waals surface area (Å²) in [6, 6.07) is 3.94. The lowest BCUT2D eigenvalue weighted by molar-refractivity contribution is -0.120. The van der Waals surface area contributed by atoms with Crippen molar-refractivity contribution >= 4 is 39.9 Å². The van der Waals surface area contributed by atoms with E-state index in [0.717, 1.165) is 23.9 Å². The number of hydrogen-bond acceptors (Lipinski definition) is 4. The molecule has 0 unspecified atom stereocenters. The molecule has 1 aromatic carbocycles. The number of nitrogens with one attached hydrogen (secondary N) is 2. The van der Waals surface area contributed by atoms with Gasteiger partial charge in [0, 0.05) is 28.6 Å². The molecule has 0 aliphatic carbocycles. The molecule has 2 atom stereocenters. The van der Waals surface area contributed by atoms with Crippen molar-refractivity contribution in [2.24, 2.45) is 5.92 Å². The highest BCUT2D eigenvalue weighted by molar-refractivity contribution is 9.10. The van der Waals surface area contributed by atoms with Crippen molar-refractivity contribution in [1.29, 1.82) is 0 Å². The van der Waals surface area contributed by atoms with Gasteiger partial charge in [0.05, 0.1) is 19.9 Å². The van der Waals surface area contributed by atoms with Gasteiger partial charge in [-0.25, -0.2) is 0 Å². The molecular formula is C15H22BrClN2O3. The Kier molecular flexibility index (Phi) is 7.45. The Balaban J connectivity index is 0.00000242. The van der Waals surface area contributed by atoms with Crippen LogP contribution in [0.15, 0.2) is 16.6 Å². The predicted octanol–water partition coefficient (Wildman–Crippen LogP) is 3.21. The summed E-state index contributed by atoms with van der Waals surface area (Å²) in [5.41, 5.74) is 0.698. The van der Waals surface area contributed by atoms with E-state index in [-0.39, 0.29) is 24.2 Å². The van der Waals surface area contributed by atoms with Crippen molar-refractivity contribution in [3.05, 3.63) is 16.6 Å². The molecule has 1 aliphatic rings. The van der Waals surface area contributed by atoms with Crippen LogP contribution in [0.2, 0.25) is 0 Å². The maximum atomic E-state index is 12.4. The van der Waals surface area contributed by atoms with Gasteiger partial charge in [-0.05, 0) is 42.2 Å². The van der Waals surface area contributed by atoms with Crippen LogP contribution in [-0.2, 0) is 4.79 Å². The van der Waals surface area contributed by atoms with E-state index in [1.54, 1.807) is 26.4 Å². The third kappa shape index (κ3) is 4.51. The SMILES string of the molecule is COc1cc(Br)c(NC(=O)[C@H]2CCN[C@@H](C)C2)cc1OC.Cl. The van der Waals surface area contributed by atoms with Gasteiger partial charge in [0.15, 0.2) is 11.5 Å². The predicted molar refractivity (Wildman–Crippen MR) is 93.3 cm³/mol. The van der Waals surface area contributed by atoms with Gasteiger partial charge in [-0.3, -0.25) is 4.79 Å². The minimum atomic E-state index is 0. The molecule has 2 N–H and O–H groups in total. The molecule has 0 spiro atoms. The number of carbonyl (C=O) groups is 1. The molecular weight excluding hydrogens is 372 g/mol. The van der Waals surface area contributed by atoms with Crippen LogP contribution < -0.4 is 20.1 Å². The smallest absolute Gasteiger partial charge is 0.227 e. The molecule has 1 saturated heterocycles. The summed E-state index contributed by atoms with van der Waals surface area (Å²) in [5, 5.41) is 6.33. The molecule has 1 fully saturated rings. The van der Waals surface area contributed by atoms with Crippen molar-refractivity contribution in [2.75, 3.05) is 26.1 Å². The first-order chi connectivity index (χ1) is 10.0. The molecule has 7 heteroatoms. The third-order valence-corrected chi connectivity index (χ3v) is 4.38. The van der Waals surface area contributed by atoms with Gasteiger partial charge < -0.3 is 20.1 Å². The number of benzene rings is 1. The van der Waals surface area contributed by atoms with E-state index in [1.165, 1.54) is 0 Å². The molecule has 1 aromatic rings. The monoisotopic (exact) mass is 392 g/mol. The Morgan fingerprint density at radius 2 is 1.95 bits per heavy atom. The number of amides is 1. The van der Waals surface area contributed by atoms with Crippen LogP contribution in [0.25, 0.3) is 0 Å². The first kappa shape index (κ1) is 19.1. The van der Waals surface area contributed by atoms with E-state index in [4.69, 9.17) is 9.47 Å². The van der Waals surface area contributed by atoms with Crippen molar-refractivity contribution in [3.8, 4) is 11.5 Å². The normalized spacial score (nSPS) is 20.7. The molecule has 1 amide bonds. The largest absolute Gasteiger partial charge is 0.493 e. The highest BCUT2D eigenvalue weighted by atomic mass is 79.9. The van der Waals surface area contributed by atoms with Crippen LogP contribution in [0.3, 0.4) is 0 Å². The van der Waals surface area contributed by atoms with Crippen LogP contribution in [-0.4, -0.2) is 32.7 Å². The van der Waals surface area contributed by atoms with E-state index in [1.807, 2.05) is 0 Å². The maximum absolute atomic E-state index is 12.4. The third-order valence-electron chi connectivity index (χ3n) is 3.73. The summed E-state index contributed by atoms with van der Waals surface area (Å²) < 4.78 is 11.3. The van der Waals surface area contributed by atoms with Crippen LogP contribution in [0.1, 0.15) is 19.8 Å². The van der Waals surface area contributed by atoms with E-state index in [9.17, 15) is 4.79 Å². The quantitative estimate of drug-likeness (QED) is 0.824. The van der Waals surface area contributed by atoms with Crippen LogP contribution in [0.4, 0.5) is 5.69 Å². The first-order valence-corrected chi connectivity index (χ1v) is 7.80. The highest BCUT2D eigenvalue weighted by Crippen LogP contribution is 2.36. The minimum Gasteiger partial charge on any atom is -0.493 e. The molecule has 2 rings (SSSR count). The van der Waals surface area contributed by atoms with Crippen molar-refractivity contribution in [3.63, 3.8) is 0 Å². The summed E-state index contributed by atoms with van der Waals surface area (Å²) in [5.74, 6) is 1.31. The number of methoxy groups -OCH3 is 2. The van der Waals surface area contributed by atoms with Crippen molar-refractivity contribution in [2.45, 2.75) is 25.8 Å².